The summed E-state index contributed by atoms with van der Waals surface area (Å²) in [5, 5.41) is 21.7. The Bertz CT molecular complexity index is 921. The number of phosphoric acid groups is 1. The molecule has 1 amide bonds. The number of aliphatic hydroxyl groups is 1. The van der Waals surface area contributed by atoms with Crippen LogP contribution in [0.4, 0.5) is 0 Å². The molecule has 0 aromatic heterocycles. The highest BCUT2D eigenvalue weighted by Gasteiger charge is 2.28. The van der Waals surface area contributed by atoms with Crippen LogP contribution < -0.4 is 5.32 Å². The smallest absolute Gasteiger partial charge is 0.472 e. The molecule has 0 rings (SSSR count). The molecule has 11 nitrogen and oxygen atoms in total. The van der Waals surface area contributed by atoms with E-state index >= 15 is 0 Å². The van der Waals surface area contributed by atoms with Crippen LogP contribution >= 0.6 is 7.82 Å². The lowest BCUT2D eigenvalue weighted by atomic mass is 10.0. The maximum absolute atomic E-state index is 12.3. The van der Waals surface area contributed by atoms with Crippen LogP contribution in [0.2, 0.25) is 0 Å². The molecule has 0 aromatic carbocycles. The average Bonchev–Trinajstić information content (AvgIpc) is 3.13. The van der Waals surface area contributed by atoms with Crippen molar-refractivity contribution in [3.8, 4) is 0 Å². The van der Waals surface area contributed by atoms with Crippen molar-refractivity contribution in [1.29, 1.82) is 0 Å². The summed E-state index contributed by atoms with van der Waals surface area (Å²) in [5.74, 6) is -2.36. The lowest BCUT2D eigenvalue weighted by Crippen LogP contribution is -2.43. The van der Waals surface area contributed by atoms with Crippen LogP contribution in [0.15, 0.2) is 0 Å². The monoisotopic (exact) mass is 778 g/mol. The van der Waals surface area contributed by atoms with Gasteiger partial charge >= 0.3 is 19.8 Å². The molecule has 0 aliphatic carbocycles. The van der Waals surface area contributed by atoms with Gasteiger partial charge in [0, 0.05) is 12.8 Å². The third-order valence-corrected chi connectivity index (χ3v) is 10.6. The van der Waals surface area contributed by atoms with E-state index in [0.717, 1.165) is 38.5 Å². The standard InChI is InChI=1S/C41H80NO10P/c1-3-5-7-9-11-13-14-15-16-17-18-19-20-21-22-23-24-25-26-28-30-32-39(44)42-38(41(46)47)36-52-53(48,49)51-35-37(43)34-50-40(45)33-31-29-27-12-10-8-6-4-2/h37-38,43H,3-36H2,1-2H3,(H,42,44)(H,46,47)(H,48,49). The zero-order chi connectivity index (χ0) is 39.3. The molecule has 0 fully saturated rings. The summed E-state index contributed by atoms with van der Waals surface area (Å²) in [6.07, 6.45) is 34.4. The summed E-state index contributed by atoms with van der Waals surface area (Å²) in [6, 6.07) is -1.54. The van der Waals surface area contributed by atoms with Crippen LogP contribution in [-0.4, -0.2) is 64.9 Å². The van der Waals surface area contributed by atoms with Gasteiger partial charge in [-0.25, -0.2) is 9.36 Å². The number of carbonyl (C=O) groups is 3. The van der Waals surface area contributed by atoms with Crippen molar-refractivity contribution in [3.05, 3.63) is 0 Å². The highest BCUT2D eigenvalue weighted by atomic mass is 31.2. The van der Waals surface area contributed by atoms with Crippen molar-refractivity contribution < 1.29 is 47.8 Å². The highest BCUT2D eigenvalue weighted by Crippen LogP contribution is 2.43. The minimum absolute atomic E-state index is 0.153. The number of amides is 1. The molecule has 0 heterocycles. The van der Waals surface area contributed by atoms with E-state index in [4.69, 9.17) is 13.8 Å². The molecule has 3 unspecified atom stereocenters. The maximum atomic E-state index is 12.3. The van der Waals surface area contributed by atoms with Crippen molar-refractivity contribution in [1.82, 2.24) is 5.32 Å². The van der Waals surface area contributed by atoms with Crippen LogP contribution in [0.25, 0.3) is 0 Å². The van der Waals surface area contributed by atoms with Crippen LogP contribution in [0.3, 0.4) is 0 Å². The molecule has 0 radical (unpaired) electrons. The number of hydrogen-bond acceptors (Lipinski definition) is 8. The summed E-state index contributed by atoms with van der Waals surface area (Å²) in [5.41, 5.74) is 0. The Morgan fingerprint density at radius 3 is 1.25 bits per heavy atom. The predicted molar refractivity (Wildman–Crippen MR) is 213 cm³/mol. The third-order valence-electron chi connectivity index (χ3n) is 9.65. The quantitative estimate of drug-likeness (QED) is 0.0266. The second-order valence-corrected chi connectivity index (χ2v) is 16.4. The number of rotatable bonds is 41. The number of ether oxygens (including phenoxy) is 1. The van der Waals surface area contributed by atoms with Gasteiger partial charge in [-0.05, 0) is 12.8 Å². The van der Waals surface area contributed by atoms with Gasteiger partial charge in [-0.3, -0.25) is 18.6 Å². The summed E-state index contributed by atoms with van der Waals surface area (Å²) in [4.78, 5) is 45.7. The number of unbranched alkanes of at least 4 members (excludes halogenated alkanes) is 27. The van der Waals surface area contributed by atoms with Gasteiger partial charge < -0.3 is 25.2 Å². The summed E-state index contributed by atoms with van der Waals surface area (Å²) < 4.78 is 26.7. The lowest BCUT2D eigenvalue weighted by Gasteiger charge is -2.18. The molecule has 0 bridgehead atoms. The van der Waals surface area contributed by atoms with E-state index < -0.39 is 57.6 Å². The Morgan fingerprint density at radius 2 is 0.868 bits per heavy atom. The number of carboxylic acid groups (broad SMARTS) is 1. The lowest BCUT2D eigenvalue weighted by molar-refractivity contribution is -0.147. The van der Waals surface area contributed by atoms with Gasteiger partial charge in [-0.2, -0.15) is 0 Å². The third kappa shape index (κ3) is 37.2. The molecule has 0 saturated heterocycles. The molecule has 12 heteroatoms. The average molecular weight is 778 g/mol. The van der Waals surface area contributed by atoms with Gasteiger partial charge in [0.1, 0.15) is 12.7 Å². The van der Waals surface area contributed by atoms with Crippen molar-refractivity contribution >= 4 is 25.7 Å². The van der Waals surface area contributed by atoms with Crippen LogP contribution in [0, 0.1) is 0 Å². The number of carbonyl (C=O) groups excluding carboxylic acids is 2. The largest absolute Gasteiger partial charge is 0.480 e. The molecule has 4 N–H and O–H groups in total. The molecule has 0 aromatic rings. The van der Waals surface area contributed by atoms with Gasteiger partial charge in [0.05, 0.1) is 13.2 Å². The number of carboxylic acids is 1. The number of hydrogen-bond donors (Lipinski definition) is 4. The zero-order valence-corrected chi connectivity index (χ0v) is 34.7. The van der Waals surface area contributed by atoms with Gasteiger partial charge in [0.15, 0.2) is 6.04 Å². The van der Waals surface area contributed by atoms with E-state index in [0.29, 0.717) is 12.8 Å². The van der Waals surface area contributed by atoms with E-state index in [9.17, 15) is 34.1 Å². The Hall–Kier alpha value is -1.52. The summed E-state index contributed by atoms with van der Waals surface area (Å²) in [6.45, 7) is 2.57. The molecular formula is C41H80NO10P. The second kappa shape index (κ2) is 37.4. The van der Waals surface area contributed by atoms with E-state index in [1.165, 1.54) is 135 Å². The molecule has 53 heavy (non-hydrogen) atoms. The van der Waals surface area contributed by atoms with E-state index in [-0.39, 0.29) is 12.8 Å². The van der Waals surface area contributed by atoms with E-state index in [1.807, 2.05) is 0 Å². The van der Waals surface area contributed by atoms with Gasteiger partial charge in [-0.15, -0.1) is 0 Å². The highest BCUT2D eigenvalue weighted by molar-refractivity contribution is 7.47. The minimum atomic E-state index is -4.74. The van der Waals surface area contributed by atoms with Crippen molar-refractivity contribution in [2.75, 3.05) is 19.8 Å². The predicted octanol–water partition coefficient (Wildman–Crippen LogP) is 10.7. The number of aliphatic hydroxyl groups excluding tert-OH is 1. The fourth-order valence-electron chi connectivity index (χ4n) is 6.26. The maximum Gasteiger partial charge on any atom is 0.472 e. The number of nitrogens with one attached hydrogen (secondary N) is 1. The van der Waals surface area contributed by atoms with Crippen molar-refractivity contribution in [3.63, 3.8) is 0 Å². The molecule has 0 saturated carbocycles. The summed E-state index contributed by atoms with van der Waals surface area (Å²) >= 11 is 0. The molecule has 3 atom stereocenters. The topological polar surface area (TPSA) is 169 Å². The first-order chi connectivity index (χ1) is 25.6. The summed E-state index contributed by atoms with van der Waals surface area (Å²) in [7, 11) is -4.74. The molecular weight excluding hydrogens is 697 g/mol. The normalized spacial score (nSPS) is 13.7. The van der Waals surface area contributed by atoms with Crippen LogP contribution in [0.5, 0.6) is 0 Å². The Morgan fingerprint density at radius 1 is 0.528 bits per heavy atom. The van der Waals surface area contributed by atoms with E-state index in [1.54, 1.807) is 0 Å². The SMILES string of the molecule is CCCCCCCCCCCCCCCCCCCCCCCC(=O)NC(COP(=O)(O)OCC(O)COC(=O)CCCCCCCCCC)C(=O)O. The molecule has 0 aliphatic rings. The van der Waals surface area contributed by atoms with Crippen LogP contribution in [0.1, 0.15) is 213 Å². The first-order valence-electron chi connectivity index (χ1n) is 21.6. The number of esters is 1. The van der Waals surface area contributed by atoms with Gasteiger partial charge in [0.25, 0.3) is 0 Å². The Kier molecular flexibility index (Phi) is 36.3. The second-order valence-electron chi connectivity index (χ2n) is 14.9. The fourth-order valence-corrected chi connectivity index (χ4v) is 7.03. The first-order valence-corrected chi connectivity index (χ1v) is 23.1. The Balaban J connectivity index is 3.82. The molecule has 314 valence electrons. The number of aliphatic carboxylic acids is 1. The van der Waals surface area contributed by atoms with Crippen molar-refractivity contribution in [2.24, 2.45) is 0 Å². The van der Waals surface area contributed by atoms with Gasteiger partial charge in [0.2, 0.25) is 5.91 Å². The fraction of sp³-hybridized carbons (Fsp3) is 0.927. The van der Waals surface area contributed by atoms with E-state index in [2.05, 4.69) is 19.2 Å². The van der Waals surface area contributed by atoms with Gasteiger partial charge in [-0.1, -0.05) is 187 Å². The van der Waals surface area contributed by atoms with Crippen molar-refractivity contribution in [2.45, 2.75) is 225 Å². The minimum Gasteiger partial charge on any atom is -0.480 e. The first kappa shape index (κ1) is 51.5. The molecule has 0 aliphatic heterocycles. The zero-order valence-electron chi connectivity index (χ0n) is 33.8. The van der Waals surface area contributed by atoms with Crippen LogP contribution in [-0.2, 0) is 32.7 Å². The molecule has 0 spiro atoms. The number of phosphoric ester groups is 1. The Labute approximate surface area is 323 Å².